The Morgan fingerprint density at radius 1 is 1.33 bits per heavy atom. The lowest BCUT2D eigenvalue weighted by atomic mass is 10.1. The van der Waals surface area contributed by atoms with Crippen molar-refractivity contribution in [1.82, 2.24) is 14.8 Å². The number of benzene rings is 1. The summed E-state index contributed by atoms with van der Waals surface area (Å²) in [6, 6.07) is 11.7. The van der Waals surface area contributed by atoms with E-state index in [-0.39, 0.29) is 5.91 Å². The van der Waals surface area contributed by atoms with Gasteiger partial charge < -0.3 is 4.90 Å². The maximum atomic E-state index is 13.2. The van der Waals surface area contributed by atoms with Crippen LogP contribution in [-0.4, -0.2) is 47.4 Å². The molecular weight excluding hydrogens is 305 g/mol. The van der Waals surface area contributed by atoms with E-state index in [0.29, 0.717) is 18.0 Å². The van der Waals surface area contributed by atoms with E-state index in [1.165, 1.54) is 17.8 Å². The minimum absolute atomic E-state index is 0.177. The molecule has 1 saturated heterocycles. The largest absolute Gasteiger partial charge is 0.341 e. The minimum atomic E-state index is -0.482. The van der Waals surface area contributed by atoms with Gasteiger partial charge in [0.15, 0.2) is 0 Å². The van der Waals surface area contributed by atoms with Crippen molar-refractivity contribution in [1.29, 1.82) is 0 Å². The molecule has 4 nitrogen and oxygen atoms in total. The lowest BCUT2D eigenvalue weighted by Gasteiger charge is -2.22. The number of aromatic nitrogens is 1. The van der Waals surface area contributed by atoms with E-state index in [9.17, 15) is 9.18 Å². The predicted octanol–water partition coefficient (Wildman–Crippen LogP) is 2.81. The molecule has 1 aliphatic heterocycles. The third-order valence-electron chi connectivity index (χ3n) is 4.45. The van der Waals surface area contributed by atoms with Gasteiger partial charge in [-0.05, 0) is 30.5 Å². The number of carbonyl (C=O) groups excluding carboxylic acids is 1. The van der Waals surface area contributed by atoms with Crippen LogP contribution in [0.4, 0.5) is 4.39 Å². The molecule has 5 heteroatoms. The SMILES string of the molecule is CN(C[C@@H]1CCN(Cc2ccccc2)C1)C(=O)c1cncc(F)c1. The van der Waals surface area contributed by atoms with Crippen LogP contribution in [-0.2, 0) is 6.54 Å². The molecule has 0 saturated carbocycles. The Kier molecular flexibility index (Phi) is 5.20. The highest BCUT2D eigenvalue weighted by Gasteiger charge is 2.25. The summed E-state index contributed by atoms with van der Waals surface area (Å²) in [5.41, 5.74) is 1.62. The van der Waals surface area contributed by atoms with Crippen LogP contribution in [0.2, 0.25) is 0 Å². The Hall–Kier alpha value is -2.27. The maximum Gasteiger partial charge on any atom is 0.255 e. The molecule has 24 heavy (non-hydrogen) atoms. The van der Waals surface area contributed by atoms with E-state index in [1.807, 2.05) is 6.07 Å². The van der Waals surface area contributed by atoms with E-state index < -0.39 is 5.82 Å². The first-order chi connectivity index (χ1) is 11.6. The monoisotopic (exact) mass is 327 g/mol. The van der Waals surface area contributed by atoms with Gasteiger partial charge in [0, 0.05) is 32.9 Å². The molecule has 1 aromatic carbocycles. The number of carbonyl (C=O) groups is 1. The van der Waals surface area contributed by atoms with Crippen LogP contribution in [0.1, 0.15) is 22.3 Å². The molecule has 0 aliphatic carbocycles. The molecule has 1 aromatic heterocycles. The summed E-state index contributed by atoms with van der Waals surface area (Å²) in [5.74, 6) is -0.211. The number of nitrogens with zero attached hydrogens (tertiary/aromatic N) is 3. The number of pyridine rings is 1. The van der Waals surface area contributed by atoms with Crippen LogP contribution >= 0.6 is 0 Å². The molecule has 0 spiro atoms. The molecule has 2 heterocycles. The Balaban J connectivity index is 1.52. The fourth-order valence-electron chi connectivity index (χ4n) is 3.27. The number of hydrogen-bond acceptors (Lipinski definition) is 3. The van der Waals surface area contributed by atoms with Crippen molar-refractivity contribution in [2.45, 2.75) is 13.0 Å². The molecule has 3 rings (SSSR count). The van der Waals surface area contributed by atoms with Crippen molar-refractivity contribution < 1.29 is 9.18 Å². The maximum absolute atomic E-state index is 13.2. The van der Waals surface area contributed by atoms with E-state index >= 15 is 0 Å². The molecule has 2 aromatic rings. The Bertz CT molecular complexity index is 692. The zero-order chi connectivity index (χ0) is 16.9. The Labute approximate surface area is 141 Å². The topological polar surface area (TPSA) is 36.4 Å². The normalized spacial score (nSPS) is 17.8. The van der Waals surface area contributed by atoms with Crippen LogP contribution in [0.15, 0.2) is 48.8 Å². The highest BCUT2D eigenvalue weighted by atomic mass is 19.1. The summed E-state index contributed by atoms with van der Waals surface area (Å²) in [7, 11) is 1.77. The van der Waals surface area contributed by atoms with Crippen molar-refractivity contribution in [2.75, 3.05) is 26.7 Å². The third-order valence-corrected chi connectivity index (χ3v) is 4.45. The zero-order valence-corrected chi connectivity index (χ0v) is 13.9. The molecule has 0 bridgehead atoms. The van der Waals surface area contributed by atoms with Crippen LogP contribution in [0, 0.1) is 11.7 Å². The Morgan fingerprint density at radius 2 is 2.12 bits per heavy atom. The number of likely N-dealkylation sites (tertiary alicyclic amines) is 1. The molecule has 1 atom stereocenters. The quantitative estimate of drug-likeness (QED) is 0.847. The predicted molar refractivity (Wildman–Crippen MR) is 91.0 cm³/mol. The highest BCUT2D eigenvalue weighted by molar-refractivity contribution is 5.93. The van der Waals surface area contributed by atoms with Crippen LogP contribution in [0.3, 0.4) is 0 Å². The van der Waals surface area contributed by atoms with Gasteiger partial charge in [-0.3, -0.25) is 14.7 Å². The number of amides is 1. The van der Waals surface area contributed by atoms with Crippen LogP contribution in [0.25, 0.3) is 0 Å². The summed E-state index contributed by atoms with van der Waals surface area (Å²) in [6.45, 7) is 3.65. The highest BCUT2D eigenvalue weighted by Crippen LogP contribution is 2.20. The number of halogens is 1. The van der Waals surface area contributed by atoms with Gasteiger partial charge in [0.2, 0.25) is 0 Å². The van der Waals surface area contributed by atoms with Crippen molar-refractivity contribution in [3.05, 3.63) is 65.7 Å². The van der Waals surface area contributed by atoms with Crippen molar-refractivity contribution in [3.8, 4) is 0 Å². The summed E-state index contributed by atoms with van der Waals surface area (Å²) in [5, 5.41) is 0. The second-order valence-corrected chi connectivity index (χ2v) is 6.45. The van der Waals surface area contributed by atoms with Gasteiger partial charge >= 0.3 is 0 Å². The van der Waals surface area contributed by atoms with Gasteiger partial charge in [-0.1, -0.05) is 30.3 Å². The standard InChI is InChI=1S/C19H22FN3O/c1-22(19(24)17-9-18(20)11-21-10-17)12-16-7-8-23(14-16)13-15-5-3-2-4-6-15/h2-6,9-11,16H,7-8,12-14H2,1H3/t16-/m0/s1. The van der Waals surface area contributed by atoms with Crippen LogP contribution in [0.5, 0.6) is 0 Å². The summed E-state index contributed by atoms with van der Waals surface area (Å²) >= 11 is 0. The number of rotatable bonds is 5. The van der Waals surface area contributed by atoms with Crippen molar-refractivity contribution in [3.63, 3.8) is 0 Å². The molecule has 126 valence electrons. The molecular formula is C19H22FN3O. The molecule has 1 fully saturated rings. The summed E-state index contributed by atoms with van der Waals surface area (Å²) in [4.78, 5) is 20.2. The second kappa shape index (κ2) is 7.53. The van der Waals surface area contributed by atoms with E-state index in [2.05, 4.69) is 34.1 Å². The fraction of sp³-hybridized carbons (Fsp3) is 0.368. The summed E-state index contributed by atoms with van der Waals surface area (Å²) in [6.07, 6.45) is 3.60. The van der Waals surface area contributed by atoms with Gasteiger partial charge in [-0.15, -0.1) is 0 Å². The third kappa shape index (κ3) is 4.17. The van der Waals surface area contributed by atoms with E-state index in [4.69, 9.17) is 0 Å². The van der Waals surface area contributed by atoms with E-state index in [0.717, 1.165) is 32.3 Å². The molecule has 1 aliphatic rings. The average molecular weight is 327 g/mol. The molecule has 0 N–H and O–H groups in total. The smallest absolute Gasteiger partial charge is 0.255 e. The molecule has 0 radical (unpaired) electrons. The zero-order valence-electron chi connectivity index (χ0n) is 13.9. The second-order valence-electron chi connectivity index (χ2n) is 6.45. The van der Waals surface area contributed by atoms with E-state index in [1.54, 1.807) is 11.9 Å². The first-order valence-electron chi connectivity index (χ1n) is 8.24. The van der Waals surface area contributed by atoms with Crippen LogP contribution < -0.4 is 0 Å². The van der Waals surface area contributed by atoms with Gasteiger partial charge in [-0.2, -0.15) is 0 Å². The molecule has 1 amide bonds. The lowest BCUT2D eigenvalue weighted by Crippen LogP contribution is -2.33. The van der Waals surface area contributed by atoms with Gasteiger partial charge in [-0.25, -0.2) is 4.39 Å². The average Bonchev–Trinajstić information content (AvgIpc) is 3.02. The lowest BCUT2D eigenvalue weighted by molar-refractivity contribution is 0.0772. The fourth-order valence-corrected chi connectivity index (χ4v) is 3.27. The number of hydrogen-bond donors (Lipinski definition) is 0. The van der Waals surface area contributed by atoms with Gasteiger partial charge in [0.05, 0.1) is 11.8 Å². The van der Waals surface area contributed by atoms with Crippen molar-refractivity contribution >= 4 is 5.91 Å². The van der Waals surface area contributed by atoms with Gasteiger partial charge in [0.1, 0.15) is 5.82 Å². The first kappa shape index (κ1) is 16.6. The minimum Gasteiger partial charge on any atom is -0.341 e. The van der Waals surface area contributed by atoms with Gasteiger partial charge in [0.25, 0.3) is 5.91 Å². The van der Waals surface area contributed by atoms with Crippen molar-refractivity contribution in [2.24, 2.45) is 5.92 Å². The first-order valence-corrected chi connectivity index (χ1v) is 8.24. The molecule has 0 unspecified atom stereocenters. The summed E-state index contributed by atoms with van der Waals surface area (Å²) < 4.78 is 13.2. The Morgan fingerprint density at radius 3 is 2.88 bits per heavy atom.